The molecule has 11 heavy (non-hydrogen) atoms. The second-order valence-electron chi connectivity index (χ2n) is 2.15. The Balaban J connectivity index is 2.73. The third-order valence-corrected chi connectivity index (χ3v) is 1.36. The summed E-state index contributed by atoms with van der Waals surface area (Å²) >= 11 is 0. The monoisotopic (exact) mass is 157 g/mol. The molecule has 0 atom stereocenters. The molecule has 0 fully saturated rings. The highest BCUT2D eigenvalue weighted by Crippen LogP contribution is 2.01. The van der Waals surface area contributed by atoms with Crippen molar-refractivity contribution in [3.05, 3.63) is 24.0 Å². The van der Waals surface area contributed by atoms with Gasteiger partial charge < -0.3 is 5.11 Å². The summed E-state index contributed by atoms with van der Waals surface area (Å²) in [5, 5.41) is 8.44. The second kappa shape index (κ2) is 3.18. The van der Waals surface area contributed by atoms with Crippen LogP contribution in [0.3, 0.4) is 0 Å². The number of aryl methyl sites for hydroxylation is 1. The Hall–Kier alpha value is -1.32. The zero-order chi connectivity index (χ0) is 8.27. The van der Waals surface area contributed by atoms with Gasteiger partial charge >= 0.3 is 6.09 Å². The topological polar surface area (TPSA) is 42.2 Å². The molecule has 4 heteroatoms. The largest absolute Gasteiger partial charge is 0.464 e. The maximum Gasteiger partial charge on any atom is 0.415 e. The van der Waals surface area contributed by atoms with E-state index in [1.165, 1.54) is 12.4 Å². The Labute approximate surface area is 63.1 Å². The van der Waals surface area contributed by atoms with E-state index < -0.39 is 12.8 Å². The summed E-state index contributed by atoms with van der Waals surface area (Å²) in [6.07, 6.45) is 2.03. The molecule has 0 saturated carbocycles. The fraction of sp³-hybridized carbons (Fsp3) is 0.286. The molecule has 1 N–H and O–H groups in total. The van der Waals surface area contributed by atoms with Gasteiger partial charge in [0.25, 0.3) is 0 Å². The molecule has 0 amide bonds. The average molecular weight is 157 g/mol. The SMILES string of the molecule is O=C(O)n1ccc(CCF)c1. The molecule has 0 aliphatic carbocycles. The van der Waals surface area contributed by atoms with Crippen LogP contribution in [0.2, 0.25) is 0 Å². The number of aromatic nitrogens is 1. The van der Waals surface area contributed by atoms with Crippen LogP contribution in [0.4, 0.5) is 9.18 Å². The van der Waals surface area contributed by atoms with Crippen molar-refractivity contribution < 1.29 is 14.3 Å². The summed E-state index contributed by atoms with van der Waals surface area (Å²) in [6.45, 7) is -0.455. The van der Waals surface area contributed by atoms with Crippen molar-refractivity contribution in [1.82, 2.24) is 4.57 Å². The molecule has 1 aromatic heterocycles. The van der Waals surface area contributed by atoms with E-state index in [9.17, 15) is 9.18 Å². The molecule has 60 valence electrons. The van der Waals surface area contributed by atoms with Crippen LogP contribution >= 0.6 is 0 Å². The number of halogens is 1. The minimum atomic E-state index is -1.05. The van der Waals surface area contributed by atoms with Gasteiger partial charge in [0.15, 0.2) is 0 Å². The van der Waals surface area contributed by atoms with Gasteiger partial charge in [-0.3, -0.25) is 8.96 Å². The van der Waals surface area contributed by atoms with Crippen molar-refractivity contribution in [2.75, 3.05) is 6.67 Å². The zero-order valence-corrected chi connectivity index (χ0v) is 5.83. The van der Waals surface area contributed by atoms with Gasteiger partial charge in [-0.1, -0.05) is 0 Å². The molecule has 0 aliphatic rings. The second-order valence-corrected chi connectivity index (χ2v) is 2.15. The summed E-state index contributed by atoms with van der Waals surface area (Å²) in [7, 11) is 0. The first kappa shape index (κ1) is 7.78. The highest BCUT2D eigenvalue weighted by atomic mass is 19.1. The quantitative estimate of drug-likeness (QED) is 0.707. The number of rotatable bonds is 2. The lowest BCUT2D eigenvalue weighted by atomic mass is 10.3. The number of nitrogens with zero attached hydrogens (tertiary/aromatic N) is 1. The maximum atomic E-state index is 11.7. The van der Waals surface area contributed by atoms with E-state index in [1.54, 1.807) is 6.07 Å². The van der Waals surface area contributed by atoms with E-state index in [4.69, 9.17) is 5.11 Å². The lowest BCUT2D eigenvalue weighted by Crippen LogP contribution is -2.03. The molecular formula is C7H8FNO2. The van der Waals surface area contributed by atoms with Gasteiger partial charge in [-0.15, -0.1) is 0 Å². The number of hydrogen-bond acceptors (Lipinski definition) is 1. The van der Waals surface area contributed by atoms with E-state index in [2.05, 4.69) is 0 Å². The van der Waals surface area contributed by atoms with Crippen molar-refractivity contribution in [1.29, 1.82) is 0 Å². The summed E-state index contributed by atoms with van der Waals surface area (Å²) in [4.78, 5) is 10.3. The smallest absolute Gasteiger partial charge is 0.415 e. The molecule has 0 bridgehead atoms. The predicted octanol–water partition coefficient (Wildman–Crippen LogP) is 1.53. The molecule has 0 radical (unpaired) electrons. The summed E-state index contributed by atoms with van der Waals surface area (Å²) in [5.74, 6) is 0. The number of carbonyl (C=O) groups is 1. The first-order valence-electron chi connectivity index (χ1n) is 3.20. The lowest BCUT2D eigenvalue weighted by molar-refractivity contribution is 0.196. The molecule has 0 aromatic carbocycles. The number of alkyl halides is 1. The fourth-order valence-electron chi connectivity index (χ4n) is 0.817. The molecule has 1 aromatic rings. The van der Waals surface area contributed by atoms with E-state index in [0.29, 0.717) is 5.56 Å². The van der Waals surface area contributed by atoms with Crippen LogP contribution in [0.5, 0.6) is 0 Å². The number of carboxylic acid groups (broad SMARTS) is 1. The zero-order valence-electron chi connectivity index (χ0n) is 5.83. The van der Waals surface area contributed by atoms with Crippen LogP contribution in [0.1, 0.15) is 5.56 Å². The van der Waals surface area contributed by atoms with Gasteiger partial charge in [-0.25, -0.2) is 4.79 Å². The Morgan fingerprint density at radius 1 is 1.73 bits per heavy atom. The predicted molar refractivity (Wildman–Crippen MR) is 37.5 cm³/mol. The van der Waals surface area contributed by atoms with E-state index in [0.717, 1.165) is 4.57 Å². The van der Waals surface area contributed by atoms with Crippen LogP contribution in [-0.4, -0.2) is 22.4 Å². The van der Waals surface area contributed by atoms with Crippen LogP contribution in [-0.2, 0) is 6.42 Å². The number of hydrogen-bond donors (Lipinski definition) is 1. The maximum absolute atomic E-state index is 11.7. The van der Waals surface area contributed by atoms with Gasteiger partial charge in [-0.2, -0.15) is 0 Å². The van der Waals surface area contributed by atoms with Gasteiger partial charge in [0.05, 0.1) is 6.67 Å². The van der Waals surface area contributed by atoms with Gasteiger partial charge in [-0.05, 0) is 11.6 Å². The third kappa shape index (κ3) is 1.80. The minimum absolute atomic E-state index is 0.278. The van der Waals surface area contributed by atoms with Crippen molar-refractivity contribution >= 4 is 6.09 Å². The fourth-order valence-corrected chi connectivity index (χ4v) is 0.817. The Kier molecular flexibility index (Phi) is 2.25. The third-order valence-electron chi connectivity index (χ3n) is 1.36. The molecular weight excluding hydrogens is 149 g/mol. The van der Waals surface area contributed by atoms with Crippen LogP contribution < -0.4 is 0 Å². The summed E-state index contributed by atoms with van der Waals surface area (Å²) < 4.78 is 12.7. The normalized spacial score (nSPS) is 9.91. The Bertz CT molecular complexity index is 257. The van der Waals surface area contributed by atoms with E-state index >= 15 is 0 Å². The van der Waals surface area contributed by atoms with E-state index in [-0.39, 0.29) is 6.42 Å². The molecule has 1 rings (SSSR count). The Morgan fingerprint density at radius 2 is 2.45 bits per heavy atom. The molecule has 0 unspecified atom stereocenters. The summed E-state index contributed by atoms with van der Waals surface area (Å²) in [5.41, 5.74) is 0.704. The lowest BCUT2D eigenvalue weighted by Gasteiger charge is -1.90. The molecule has 3 nitrogen and oxygen atoms in total. The van der Waals surface area contributed by atoms with E-state index in [1.807, 2.05) is 0 Å². The highest BCUT2D eigenvalue weighted by Gasteiger charge is 2.00. The van der Waals surface area contributed by atoms with Crippen molar-refractivity contribution in [2.45, 2.75) is 6.42 Å². The van der Waals surface area contributed by atoms with Gasteiger partial charge in [0, 0.05) is 18.8 Å². The molecule has 1 heterocycles. The summed E-state index contributed by atoms with van der Waals surface area (Å²) in [6, 6.07) is 1.59. The molecule has 0 spiro atoms. The van der Waals surface area contributed by atoms with Gasteiger partial charge in [0.1, 0.15) is 0 Å². The van der Waals surface area contributed by atoms with Gasteiger partial charge in [0.2, 0.25) is 0 Å². The molecule has 0 saturated heterocycles. The van der Waals surface area contributed by atoms with Crippen LogP contribution in [0.15, 0.2) is 18.5 Å². The highest BCUT2D eigenvalue weighted by molar-refractivity contribution is 5.68. The van der Waals surface area contributed by atoms with Crippen molar-refractivity contribution in [3.8, 4) is 0 Å². The van der Waals surface area contributed by atoms with Crippen molar-refractivity contribution in [3.63, 3.8) is 0 Å². The minimum Gasteiger partial charge on any atom is -0.464 e. The molecule has 0 aliphatic heterocycles. The van der Waals surface area contributed by atoms with Crippen molar-refractivity contribution in [2.24, 2.45) is 0 Å². The average Bonchev–Trinajstić information content (AvgIpc) is 2.37. The van der Waals surface area contributed by atoms with Crippen LogP contribution in [0, 0.1) is 0 Å². The standard InChI is InChI=1S/C7H8FNO2/c8-3-1-6-2-4-9(5-6)7(10)11/h2,4-5H,1,3H2,(H,10,11). The van der Waals surface area contributed by atoms with Crippen LogP contribution in [0.25, 0.3) is 0 Å². The first-order chi connectivity index (χ1) is 5.24. The Morgan fingerprint density at radius 3 is 2.91 bits per heavy atom. The first-order valence-corrected chi connectivity index (χ1v) is 3.20.